The number of hydrogen-bond donors (Lipinski definition) is 2. The number of esters is 1. The van der Waals surface area contributed by atoms with Crippen molar-refractivity contribution in [3.63, 3.8) is 0 Å². The Kier molecular flexibility index (Phi) is 6.05. The van der Waals surface area contributed by atoms with Gasteiger partial charge in [-0.1, -0.05) is 12.0 Å². The molecular formula is C19H24N2O4. The highest BCUT2D eigenvalue weighted by atomic mass is 16.6. The van der Waals surface area contributed by atoms with Crippen LogP contribution < -0.4 is 15.4 Å². The average Bonchev–Trinajstić information content (AvgIpc) is 2.92. The summed E-state index contributed by atoms with van der Waals surface area (Å²) >= 11 is 0. The van der Waals surface area contributed by atoms with Gasteiger partial charge < -0.3 is 14.8 Å². The van der Waals surface area contributed by atoms with E-state index in [0.717, 1.165) is 18.4 Å². The summed E-state index contributed by atoms with van der Waals surface area (Å²) in [5.41, 5.74) is 1.79. The van der Waals surface area contributed by atoms with Gasteiger partial charge in [-0.05, 0) is 56.9 Å². The molecule has 25 heavy (non-hydrogen) atoms. The first-order valence-corrected chi connectivity index (χ1v) is 8.26. The molecule has 0 bridgehead atoms. The summed E-state index contributed by atoms with van der Waals surface area (Å²) in [6.45, 7) is 5.83. The van der Waals surface area contributed by atoms with Gasteiger partial charge in [-0.25, -0.2) is 9.59 Å². The quantitative estimate of drug-likeness (QED) is 0.500. The van der Waals surface area contributed by atoms with Crippen LogP contribution in [0.1, 0.15) is 44.4 Å². The third-order valence-electron chi connectivity index (χ3n) is 3.63. The molecule has 0 aliphatic heterocycles. The van der Waals surface area contributed by atoms with E-state index in [9.17, 15) is 9.59 Å². The van der Waals surface area contributed by atoms with E-state index < -0.39 is 17.7 Å². The van der Waals surface area contributed by atoms with Crippen LogP contribution >= 0.6 is 0 Å². The van der Waals surface area contributed by atoms with E-state index in [1.54, 1.807) is 6.07 Å². The van der Waals surface area contributed by atoms with Crippen molar-refractivity contribution in [3.05, 3.63) is 29.3 Å². The minimum absolute atomic E-state index is 0.178. The van der Waals surface area contributed by atoms with Gasteiger partial charge in [0.05, 0.1) is 6.54 Å². The lowest BCUT2D eigenvalue weighted by molar-refractivity contribution is -0.147. The van der Waals surface area contributed by atoms with Crippen LogP contribution in [0.3, 0.4) is 0 Å². The monoisotopic (exact) mass is 344 g/mol. The molecule has 1 aliphatic carbocycles. The fourth-order valence-corrected chi connectivity index (χ4v) is 2.62. The zero-order valence-corrected chi connectivity index (χ0v) is 15.1. The topological polar surface area (TPSA) is 76.7 Å². The van der Waals surface area contributed by atoms with E-state index in [-0.39, 0.29) is 6.04 Å². The number of nitrogens with one attached hydrogen (secondary N) is 2. The summed E-state index contributed by atoms with van der Waals surface area (Å²) in [5, 5.41) is 5.75. The second kappa shape index (κ2) is 8.04. The third-order valence-corrected chi connectivity index (χ3v) is 3.63. The molecular weight excluding hydrogens is 320 g/mol. The highest BCUT2D eigenvalue weighted by Gasteiger charge is 2.22. The first kappa shape index (κ1) is 18.8. The molecule has 1 atom stereocenters. The van der Waals surface area contributed by atoms with Crippen LogP contribution in [-0.4, -0.2) is 31.3 Å². The SMILES string of the molecule is CNC(=O)Oc1ccc2c(c1)CCC2NCC#CC(=O)OC(C)(C)C. The molecule has 0 saturated carbocycles. The highest BCUT2D eigenvalue weighted by molar-refractivity contribution is 5.88. The van der Waals surface area contributed by atoms with Gasteiger partial charge in [-0.2, -0.15) is 0 Å². The van der Waals surface area contributed by atoms with E-state index in [4.69, 9.17) is 9.47 Å². The van der Waals surface area contributed by atoms with Gasteiger partial charge in [-0.15, -0.1) is 0 Å². The summed E-state index contributed by atoms with van der Waals surface area (Å²) in [4.78, 5) is 22.8. The summed E-state index contributed by atoms with van der Waals surface area (Å²) in [6, 6.07) is 5.80. The van der Waals surface area contributed by atoms with Crippen molar-refractivity contribution in [3.8, 4) is 17.6 Å². The minimum atomic E-state index is -0.530. The number of amides is 1. The van der Waals surface area contributed by atoms with Gasteiger partial charge in [-0.3, -0.25) is 5.32 Å². The minimum Gasteiger partial charge on any atom is -0.450 e. The molecule has 1 unspecified atom stereocenters. The Morgan fingerprint density at radius 1 is 1.32 bits per heavy atom. The van der Waals surface area contributed by atoms with Crippen LogP contribution in [0.15, 0.2) is 18.2 Å². The molecule has 1 aliphatic rings. The van der Waals surface area contributed by atoms with Crippen molar-refractivity contribution in [1.82, 2.24) is 10.6 Å². The van der Waals surface area contributed by atoms with Crippen molar-refractivity contribution in [2.24, 2.45) is 0 Å². The lowest BCUT2D eigenvalue weighted by Gasteiger charge is -2.17. The Morgan fingerprint density at radius 3 is 2.76 bits per heavy atom. The van der Waals surface area contributed by atoms with E-state index in [1.807, 2.05) is 32.9 Å². The molecule has 0 spiro atoms. The Balaban J connectivity index is 1.89. The van der Waals surface area contributed by atoms with Gasteiger partial charge >= 0.3 is 12.1 Å². The van der Waals surface area contributed by atoms with Gasteiger partial charge in [0.15, 0.2) is 0 Å². The van der Waals surface area contributed by atoms with Gasteiger partial charge in [0, 0.05) is 19.0 Å². The van der Waals surface area contributed by atoms with Crippen LogP contribution in [0.2, 0.25) is 0 Å². The van der Waals surface area contributed by atoms with Crippen LogP contribution in [0.25, 0.3) is 0 Å². The number of benzene rings is 1. The smallest absolute Gasteiger partial charge is 0.412 e. The van der Waals surface area contributed by atoms with Crippen molar-refractivity contribution in [1.29, 1.82) is 0 Å². The van der Waals surface area contributed by atoms with Gasteiger partial charge in [0.1, 0.15) is 11.4 Å². The van der Waals surface area contributed by atoms with Crippen LogP contribution in [0.5, 0.6) is 5.75 Å². The molecule has 2 N–H and O–H groups in total. The molecule has 0 radical (unpaired) electrons. The van der Waals surface area contributed by atoms with Crippen LogP contribution in [-0.2, 0) is 16.0 Å². The number of fused-ring (bicyclic) bond motifs is 1. The highest BCUT2D eigenvalue weighted by Crippen LogP contribution is 2.33. The van der Waals surface area contributed by atoms with Crippen molar-refractivity contribution < 1.29 is 19.1 Å². The zero-order chi connectivity index (χ0) is 18.4. The summed E-state index contributed by atoms with van der Waals surface area (Å²) < 4.78 is 10.3. The maximum atomic E-state index is 11.5. The van der Waals surface area contributed by atoms with Gasteiger partial charge in [0.2, 0.25) is 0 Å². The molecule has 0 fully saturated rings. The number of carbonyl (C=O) groups is 2. The molecule has 6 heteroatoms. The Labute approximate surface area is 148 Å². The maximum absolute atomic E-state index is 11.5. The molecule has 134 valence electrons. The predicted molar refractivity (Wildman–Crippen MR) is 94.2 cm³/mol. The third kappa shape index (κ3) is 5.80. The zero-order valence-electron chi connectivity index (χ0n) is 15.1. The number of rotatable bonds is 3. The Bertz CT molecular complexity index is 710. The molecule has 0 saturated heterocycles. The lowest BCUT2D eigenvalue weighted by atomic mass is 10.1. The summed E-state index contributed by atoms with van der Waals surface area (Å²) in [5.74, 6) is 5.30. The number of carbonyl (C=O) groups excluding carboxylic acids is 2. The molecule has 0 heterocycles. The van der Waals surface area contributed by atoms with E-state index in [1.165, 1.54) is 12.6 Å². The van der Waals surface area contributed by atoms with Gasteiger partial charge in [0.25, 0.3) is 0 Å². The first-order chi connectivity index (χ1) is 11.8. The van der Waals surface area contributed by atoms with Crippen molar-refractivity contribution >= 4 is 12.1 Å². The lowest BCUT2D eigenvalue weighted by Crippen LogP contribution is -2.23. The van der Waals surface area contributed by atoms with E-state index >= 15 is 0 Å². The number of aryl methyl sites for hydroxylation is 1. The van der Waals surface area contributed by atoms with Crippen LogP contribution in [0, 0.1) is 11.8 Å². The molecule has 2 rings (SSSR count). The number of hydrogen-bond acceptors (Lipinski definition) is 5. The Morgan fingerprint density at radius 2 is 2.08 bits per heavy atom. The second-order valence-electron chi connectivity index (χ2n) is 6.78. The summed E-state index contributed by atoms with van der Waals surface area (Å²) in [7, 11) is 1.52. The Hall–Kier alpha value is -2.52. The first-order valence-electron chi connectivity index (χ1n) is 8.26. The molecule has 0 aromatic heterocycles. The summed E-state index contributed by atoms with van der Waals surface area (Å²) in [6.07, 6.45) is 1.36. The van der Waals surface area contributed by atoms with E-state index in [0.29, 0.717) is 12.3 Å². The maximum Gasteiger partial charge on any atom is 0.412 e. The predicted octanol–water partition coefficient (Wildman–Crippen LogP) is 2.33. The largest absolute Gasteiger partial charge is 0.450 e. The standard InChI is InChI=1S/C19H24N2O4/c1-19(2,3)25-17(22)6-5-11-21-16-10-7-13-12-14(8-9-15(13)16)24-18(23)20-4/h8-9,12,16,21H,7,10-11H2,1-4H3,(H,20,23). The van der Waals surface area contributed by atoms with Crippen molar-refractivity contribution in [2.45, 2.75) is 45.3 Å². The number of ether oxygens (including phenoxy) is 2. The fourth-order valence-electron chi connectivity index (χ4n) is 2.62. The van der Waals surface area contributed by atoms with Crippen molar-refractivity contribution in [2.75, 3.05) is 13.6 Å². The molecule has 6 nitrogen and oxygen atoms in total. The normalized spacial score (nSPS) is 15.6. The van der Waals surface area contributed by atoms with Crippen LogP contribution in [0.4, 0.5) is 4.79 Å². The molecule has 1 amide bonds. The molecule has 1 aromatic carbocycles. The average molecular weight is 344 g/mol. The van der Waals surface area contributed by atoms with E-state index in [2.05, 4.69) is 22.5 Å². The molecule has 1 aromatic rings. The second-order valence-corrected chi connectivity index (χ2v) is 6.78. The fraction of sp³-hybridized carbons (Fsp3) is 0.474.